The fraction of sp³-hybridized carbons (Fsp3) is 0.500. The lowest BCUT2D eigenvalue weighted by atomic mass is 9.42. The maximum Gasteiger partial charge on any atom is 0.226 e. The normalized spacial score (nSPS) is 35.7. The molecule has 3 heteroatoms. The van der Waals surface area contributed by atoms with Gasteiger partial charge in [0.1, 0.15) is 5.76 Å². The van der Waals surface area contributed by atoms with E-state index >= 15 is 0 Å². The van der Waals surface area contributed by atoms with Crippen LogP contribution in [0.1, 0.15) is 49.8 Å². The van der Waals surface area contributed by atoms with Crippen molar-refractivity contribution in [1.82, 2.24) is 5.32 Å². The van der Waals surface area contributed by atoms with Gasteiger partial charge < -0.3 is 9.73 Å². The van der Waals surface area contributed by atoms with E-state index in [2.05, 4.69) is 35.6 Å². The van der Waals surface area contributed by atoms with Crippen molar-refractivity contribution in [2.24, 2.45) is 17.3 Å². The summed E-state index contributed by atoms with van der Waals surface area (Å²) < 4.78 is 5.38. The predicted molar refractivity (Wildman–Crippen MR) is 95.8 cm³/mol. The first-order chi connectivity index (χ1) is 12.2. The summed E-state index contributed by atoms with van der Waals surface area (Å²) in [6.45, 7) is 0.501. The molecule has 4 saturated carbocycles. The first-order valence-electron chi connectivity index (χ1n) is 9.54. The molecule has 1 heterocycles. The van der Waals surface area contributed by atoms with E-state index < -0.39 is 0 Å². The molecule has 1 amide bonds. The largest absolute Gasteiger partial charge is 0.467 e. The molecule has 2 aromatic rings. The molecule has 0 aliphatic heterocycles. The summed E-state index contributed by atoms with van der Waals surface area (Å²) in [4.78, 5) is 13.2. The van der Waals surface area contributed by atoms with Gasteiger partial charge >= 0.3 is 0 Å². The maximum atomic E-state index is 13.2. The summed E-state index contributed by atoms with van der Waals surface area (Å²) in [5.41, 5.74) is 1.49. The number of rotatable bonds is 4. The zero-order valence-corrected chi connectivity index (χ0v) is 14.5. The fourth-order valence-electron chi connectivity index (χ4n) is 6.43. The monoisotopic (exact) mass is 335 g/mol. The Labute approximate surface area is 148 Å². The molecule has 0 radical (unpaired) electrons. The van der Waals surface area contributed by atoms with Crippen LogP contribution in [0.5, 0.6) is 0 Å². The molecule has 1 aromatic carbocycles. The van der Waals surface area contributed by atoms with E-state index in [1.807, 2.05) is 12.1 Å². The van der Waals surface area contributed by atoms with Crippen molar-refractivity contribution in [3.05, 3.63) is 60.1 Å². The SMILES string of the molecule is O=C(NCc1ccco1)C12CC3CC(C1)CC(c1ccccc1)(C3)C2. The summed E-state index contributed by atoms with van der Waals surface area (Å²) in [7, 11) is 0. The number of amides is 1. The number of benzene rings is 1. The molecule has 6 rings (SSSR count). The summed E-state index contributed by atoms with van der Waals surface area (Å²) in [6, 6.07) is 14.7. The Bertz CT molecular complexity index is 751. The summed E-state index contributed by atoms with van der Waals surface area (Å²) in [5, 5.41) is 3.18. The fourth-order valence-corrected chi connectivity index (χ4v) is 6.43. The van der Waals surface area contributed by atoms with Gasteiger partial charge in [-0.25, -0.2) is 0 Å². The van der Waals surface area contributed by atoms with Gasteiger partial charge in [0.2, 0.25) is 5.91 Å². The van der Waals surface area contributed by atoms with Crippen LogP contribution in [0.15, 0.2) is 53.1 Å². The summed E-state index contributed by atoms with van der Waals surface area (Å²) >= 11 is 0. The Kier molecular flexibility index (Phi) is 3.34. The third-order valence-corrected chi connectivity index (χ3v) is 6.93. The van der Waals surface area contributed by atoms with Gasteiger partial charge in [0, 0.05) is 0 Å². The highest BCUT2D eigenvalue weighted by Crippen LogP contribution is 2.65. The van der Waals surface area contributed by atoms with E-state index in [-0.39, 0.29) is 16.7 Å². The van der Waals surface area contributed by atoms with Crippen LogP contribution in [-0.4, -0.2) is 5.91 Å². The topological polar surface area (TPSA) is 42.2 Å². The first kappa shape index (κ1) is 15.2. The number of hydrogen-bond acceptors (Lipinski definition) is 2. The van der Waals surface area contributed by atoms with Crippen LogP contribution >= 0.6 is 0 Å². The quantitative estimate of drug-likeness (QED) is 0.898. The maximum absolute atomic E-state index is 13.2. The molecule has 0 spiro atoms. The van der Waals surface area contributed by atoms with Crippen LogP contribution in [0.2, 0.25) is 0 Å². The molecule has 1 N–H and O–H groups in total. The molecular formula is C22H25NO2. The molecule has 0 saturated heterocycles. The third-order valence-electron chi connectivity index (χ3n) is 6.93. The van der Waals surface area contributed by atoms with Crippen LogP contribution in [0.3, 0.4) is 0 Å². The Hall–Kier alpha value is -2.03. The number of carbonyl (C=O) groups is 1. The lowest BCUT2D eigenvalue weighted by Crippen LogP contribution is -2.59. The van der Waals surface area contributed by atoms with E-state index in [1.54, 1.807) is 6.26 Å². The number of hydrogen-bond donors (Lipinski definition) is 1. The van der Waals surface area contributed by atoms with Crippen LogP contribution in [0.4, 0.5) is 0 Å². The highest BCUT2D eigenvalue weighted by molar-refractivity contribution is 5.83. The third kappa shape index (κ3) is 2.44. The number of furan rings is 1. The second-order valence-electron chi connectivity index (χ2n) is 8.65. The predicted octanol–water partition coefficient (Wildman–Crippen LogP) is 4.43. The van der Waals surface area contributed by atoms with E-state index in [4.69, 9.17) is 4.42 Å². The second kappa shape index (κ2) is 5.48. The van der Waals surface area contributed by atoms with Crippen LogP contribution in [-0.2, 0) is 16.8 Å². The van der Waals surface area contributed by atoms with Crippen molar-refractivity contribution in [2.75, 3.05) is 0 Å². The Morgan fingerprint density at radius 3 is 2.48 bits per heavy atom. The van der Waals surface area contributed by atoms with Crippen LogP contribution in [0.25, 0.3) is 0 Å². The van der Waals surface area contributed by atoms with Gasteiger partial charge in [0.15, 0.2) is 0 Å². The molecule has 1 aromatic heterocycles. The van der Waals surface area contributed by atoms with E-state index in [0.29, 0.717) is 18.4 Å². The average molecular weight is 335 g/mol. The van der Waals surface area contributed by atoms with E-state index in [1.165, 1.54) is 24.8 Å². The minimum absolute atomic E-state index is 0.174. The zero-order valence-electron chi connectivity index (χ0n) is 14.5. The van der Waals surface area contributed by atoms with E-state index in [9.17, 15) is 4.79 Å². The van der Waals surface area contributed by atoms with Crippen molar-refractivity contribution in [2.45, 2.75) is 50.5 Å². The molecule has 4 aliphatic rings. The minimum atomic E-state index is -0.174. The number of carbonyl (C=O) groups excluding carboxylic acids is 1. The highest BCUT2D eigenvalue weighted by Gasteiger charge is 2.60. The van der Waals surface area contributed by atoms with Crippen molar-refractivity contribution in [1.29, 1.82) is 0 Å². The summed E-state index contributed by atoms with van der Waals surface area (Å²) in [5.74, 6) is 2.49. The molecule has 4 bridgehead atoms. The molecule has 130 valence electrons. The molecule has 3 nitrogen and oxygen atoms in total. The standard InChI is InChI=1S/C22H25NO2/c24-20(23-14-19-7-4-8-25-19)22-12-16-9-17(13-22)11-21(10-16,15-22)18-5-2-1-3-6-18/h1-8,16-17H,9-15H2,(H,23,24). The molecule has 4 aliphatic carbocycles. The Balaban J connectivity index is 1.43. The lowest BCUT2D eigenvalue weighted by Gasteiger charge is -2.61. The second-order valence-corrected chi connectivity index (χ2v) is 8.65. The van der Waals surface area contributed by atoms with Crippen molar-refractivity contribution >= 4 is 5.91 Å². The molecule has 2 unspecified atom stereocenters. The molecule has 2 atom stereocenters. The Morgan fingerprint density at radius 2 is 1.80 bits per heavy atom. The average Bonchev–Trinajstić information content (AvgIpc) is 3.13. The smallest absolute Gasteiger partial charge is 0.226 e. The molecule has 25 heavy (non-hydrogen) atoms. The highest BCUT2D eigenvalue weighted by atomic mass is 16.3. The van der Waals surface area contributed by atoms with Gasteiger partial charge in [-0.2, -0.15) is 0 Å². The number of nitrogens with one attached hydrogen (secondary N) is 1. The van der Waals surface area contributed by atoms with Gasteiger partial charge in [-0.3, -0.25) is 4.79 Å². The van der Waals surface area contributed by atoms with Gasteiger partial charge in [-0.1, -0.05) is 30.3 Å². The summed E-state index contributed by atoms with van der Waals surface area (Å²) in [6.07, 6.45) is 8.67. The van der Waals surface area contributed by atoms with Crippen molar-refractivity contribution in [3.63, 3.8) is 0 Å². The van der Waals surface area contributed by atoms with Gasteiger partial charge in [0.05, 0.1) is 18.2 Å². The first-order valence-corrected chi connectivity index (χ1v) is 9.54. The molecular weight excluding hydrogens is 310 g/mol. The lowest BCUT2D eigenvalue weighted by molar-refractivity contribution is -0.149. The zero-order chi connectivity index (χ0) is 16.9. The van der Waals surface area contributed by atoms with Gasteiger partial charge in [-0.05, 0) is 73.5 Å². The Morgan fingerprint density at radius 1 is 1.04 bits per heavy atom. The van der Waals surface area contributed by atoms with Crippen molar-refractivity contribution in [3.8, 4) is 0 Å². The van der Waals surface area contributed by atoms with Crippen molar-refractivity contribution < 1.29 is 9.21 Å². The van der Waals surface area contributed by atoms with Crippen LogP contribution < -0.4 is 5.32 Å². The minimum Gasteiger partial charge on any atom is -0.467 e. The van der Waals surface area contributed by atoms with Gasteiger partial charge in [-0.15, -0.1) is 0 Å². The molecule has 4 fully saturated rings. The van der Waals surface area contributed by atoms with Crippen LogP contribution in [0, 0.1) is 17.3 Å². The van der Waals surface area contributed by atoms with Gasteiger partial charge in [0.25, 0.3) is 0 Å². The van der Waals surface area contributed by atoms with E-state index in [0.717, 1.165) is 25.0 Å².